The number of benzene rings is 2. The molecule has 1 fully saturated rings. The van der Waals surface area contributed by atoms with Crippen LogP contribution in [0.2, 0.25) is 0 Å². The number of phenolic OH excluding ortho intramolecular Hbond substituents is 1. The van der Waals surface area contributed by atoms with E-state index in [9.17, 15) is 33.4 Å². The predicted octanol–water partition coefficient (Wildman–Crippen LogP) is 2.80. The molecule has 11 heteroatoms. The lowest BCUT2D eigenvalue weighted by atomic mass is 9.98. The van der Waals surface area contributed by atoms with Gasteiger partial charge in [-0.25, -0.2) is 8.78 Å². The van der Waals surface area contributed by atoms with Crippen molar-refractivity contribution in [3.63, 3.8) is 0 Å². The van der Waals surface area contributed by atoms with Crippen LogP contribution in [-0.4, -0.2) is 68.5 Å². The van der Waals surface area contributed by atoms with Crippen LogP contribution in [0, 0.1) is 18.6 Å². The molecule has 0 radical (unpaired) electrons. The van der Waals surface area contributed by atoms with Crippen molar-refractivity contribution in [2.45, 2.75) is 69.6 Å². The number of rotatable bonds is 7. The average molecular weight is 552 g/mol. The molecule has 206 valence electrons. The van der Waals surface area contributed by atoms with Crippen molar-refractivity contribution in [3.05, 3.63) is 64.7 Å². The maximum Gasteiger partial charge on any atom is 0.254 e. The molecule has 0 aliphatic carbocycles. The topological polar surface area (TPSA) is 119 Å². The molecule has 1 saturated heterocycles. The van der Waals surface area contributed by atoms with Gasteiger partial charge < -0.3 is 25.7 Å². The monoisotopic (exact) mass is 551 g/mol. The quantitative estimate of drug-likeness (QED) is 0.395. The first-order chi connectivity index (χ1) is 17.7. The molecule has 1 aliphatic rings. The van der Waals surface area contributed by atoms with Gasteiger partial charge >= 0.3 is 0 Å². The number of nitrogens with one attached hydrogen (secondary N) is 2. The van der Waals surface area contributed by atoms with Crippen LogP contribution < -0.4 is 10.6 Å². The van der Waals surface area contributed by atoms with E-state index in [4.69, 9.17) is 11.6 Å². The first kappa shape index (κ1) is 29.3. The third kappa shape index (κ3) is 6.99. The Kier molecular flexibility index (Phi) is 8.99. The highest BCUT2D eigenvalue weighted by atomic mass is 35.5. The molecule has 0 bridgehead atoms. The molecule has 4 atom stereocenters. The van der Waals surface area contributed by atoms with Crippen molar-refractivity contribution < 1.29 is 33.4 Å². The van der Waals surface area contributed by atoms with Crippen LogP contribution in [0.15, 0.2) is 36.4 Å². The lowest BCUT2D eigenvalue weighted by molar-refractivity contribution is -0.146. The van der Waals surface area contributed by atoms with Gasteiger partial charge in [-0.15, -0.1) is 11.6 Å². The van der Waals surface area contributed by atoms with Crippen molar-refractivity contribution in [2.75, 3.05) is 6.54 Å². The van der Waals surface area contributed by atoms with E-state index in [1.807, 2.05) is 0 Å². The molecule has 1 heterocycles. The Morgan fingerprint density at radius 1 is 1.16 bits per heavy atom. The Labute approximate surface area is 225 Å². The van der Waals surface area contributed by atoms with Gasteiger partial charge in [0.1, 0.15) is 11.8 Å². The second-order valence-electron chi connectivity index (χ2n) is 10.5. The highest BCUT2D eigenvalue weighted by Gasteiger charge is 2.43. The molecule has 3 rings (SSSR count). The van der Waals surface area contributed by atoms with Crippen LogP contribution >= 0.6 is 11.6 Å². The Hall–Kier alpha value is -3.24. The van der Waals surface area contributed by atoms with Crippen molar-refractivity contribution in [1.29, 1.82) is 0 Å². The normalized spacial score (nSPS) is 19.1. The van der Waals surface area contributed by atoms with E-state index >= 15 is 0 Å². The Morgan fingerprint density at radius 2 is 1.84 bits per heavy atom. The van der Waals surface area contributed by atoms with Gasteiger partial charge in [0.25, 0.3) is 11.8 Å². The maximum atomic E-state index is 13.9. The van der Waals surface area contributed by atoms with Crippen LogP contribution in [-0.2, 0) is 16.0 Å². The van der Waals surface area contributed by atoms with E-state index in [2.05, 4.69) is 10.6 Å². The summed E-state index contributed by atoms with van der Waals surface area (Å²) in [7, 11) is 0. The fourth-order valence-electron chi connectivity index (χ4n) is 4.35. The molecule has 2 aromatic carbocycles. The molecule has 3 amide bonds. The van der Waals surface area contributed by atoms with E-state index in [-0.39, 0.29) is 41.8 Å². The fraction of sp³-hybridized carbons (Fsp3) is 0.444. The summed E-state index contributed by atoms with van der Waals surface area (Å²) in [5.74, 6) is -4.29. The number of alkyl halides is 1. The van der Waals surface area contributed by atoms with E-state index in [1.165, 1.54) is 36.1 Å². The van der Waals surface area contributed by atoms with Crippen molar-refractivity contribution in [2.24, 2.45) is 0 Å². The zero-order chi connectivity index (χ0) is 28.4. The molecular weight excluding hydrogens is 520 g/mol. The van der Waals surface area contributed by atoms with Crippen LogP contribution in [0.3, 0.4) is 0 Å². The van der Waals surface area contributed by atoms with Crippen LogP contribution in [0.1, 0.15) is 48.7 Å². The number of halogens is 3. The molecule has 0 spiro atoms. The third-order valence-corrected chi connectivity index (χ3v) is 6.59. The summed E-state index contributed by atoms with van der Waals surface area (Å²) < 4.78 is 27.4. The van der Waals surface area contributed by atoms with Gasteiger partial charge in [-0.2, -0.15) is 0 Å². The molecule has 0 unspecified atom stereocenters. The minimum absolute atomic E-state index is 0.00279. The number of phenols is 1. The standard InChI is InChI=1S/C27H32ClF2N3O5/c1-14-17(6-5-7-22(14)34)24(36)31-20(11-15-8-9-18(29)19(30)10-15)23(35)26(38)33-13-16(28)12-21(33)25(37)32-27(2,3)4/h5-10,16,20-21,23,34-35H,11-13H2,1-4H3,(H,31,36)(H,32,37)/t16-,20-,21-,23-/m0/s1. The zero-order valence-corrected chi connectivity index (χ0v) is 22.4. The van der Waals surface area contributed by atoms with Gasteiger partial charge in [-0.05, 0) is 70.4 Å². The van der Waals surface area contributed by atoms with Crippen LogP contribution in [0.5, 0.6) is 5.75 Å². The second kappa shape index (κ2) is 11.7. The summed E-state index contributed by atoms with van der Waals surface area (Å²) in [4.78, 5) is 40.6. The first-order valence-electron chi connectivity index (χ1n) is 12.2. The van der Waals surface area contributed by atoms with Gasteiger partial charge in [0.15, 0.2) is 17.7 Å². The number of aliphatic hydroxyl groups is 1. The number of carbonyl (C=O) groups excluding carboxylic acids is 3. The SMILES string of the molecule is Cc1c(O)cccc1C(=O)N[C@@H](Cc1ccc(F)c(F)c1)[C@H](O)C(=O)N1C[C@@H](Cl)C[C@H]1C(=O)NC(C)(C)C. The Bertz CT molecular complexity index is 1220. The molecule has 0 saturated carbocycles. The molecule has 8 nitrogen and oxygen atoms in total. The number of aliphatic hydroxyl groups excluding tert-OH is 1. The van der Waals surface area contributed by atoms with E-state index in [0.29, 0.717) is 0 Å². The molecule has 2 aromatic rings. The summed E-state index contributed by atoms with van der Waals surface area (Å²) in [5.41, 5.74) is 0.0226. The van der Waals surface area contributed by atoms with Gasteiger partial charge in [-0.3, -0.25) is 14.4 Å². The maximum absolute atomic E-state index is 13.9. The summed E-state index contributed by atoms with van der Waals surface area (Å²) in [6.45, 7) is 6.89. The highest BCUT2D eigenvalue weighted by Crippen LogP contribution is 2.25. The van der Waals surface area contributed by atoms with E-state index in [1.54, 1.807) is 20.8 Å². The second-order valence-corrected chi connectivity index (χ2v) is 11.1. The number of carbonyl (C=O) groups is 3. The molecule has 1 aliphatic heterocycles. The summed E-state index contributed by atoms with van der Waals surface area (Å²) >= 11 is 6.28. The number of hydrogen-bond donors (Lipinski definition) is 4. The molecular formula is C27H32ClF2N3O5. The van der Waals surface area contributed by atoms with Crippen molar-refractivity contribution in [1.82, 2.24) is 15.5 Å². The van der Waals surface area contributed by atoms with Crippen LogP contribution in [0.4, 0.5) is 8.78 Å². The van der Waals surface area contributed by atoms with E-state index in [0.717, 1.165) is 12.1 Å². The largest absolute Gasteiger partial charge is 0.508 e. The van der Waals surface area contributed by atoms with Crippen LogP contribution in [0.25, 0.3) is 0 Å². The summed E-state index contributed by atoms with van der Waals surface area (Å²) in [6, 6.07) is 5.19. The summed E-state index contributed by atoms with van der Waals surface area (Å²) in [6.07, 6.45) is -1.91. The van der Waals surface area contributed by atoms with E-state index < -0.39 is 58.5 Å². The van der Waals surface area contributed by atoms with Gasteiger partial charge in [0, 0.05) is 23.2 Å². The first-order valence-corrected chi connectivity index (χ1v) is 12.6. The number of hydrogen-bond acceptors (Lipinski definition) is 5. The minimum atomic E-state index is -1.85. The molecule has 4 N–H and O–H groups in total. The number of nitrogens with zero attached hydrogens (tertiary/aromatic N) is 1. The number of likely N-dealkylation sites (tertiary alicyclic amines) is 1. The predicted molar refractivity (Wildman–Crippen MR) is 138 cm³/mol. The molecule has 0 aromatic heterocycles. The average Bonchev–Trinajstić information content (AvgIpc) is 3.22. The number of amides is 3. The Morgan fingerprint density at radius 3 is 2.47 bits per heavy atom. The number of aromatic hydroxyl groups is 1. The van der Waals surface area contributed by atoms with Gasteiger partial charge in [0.2, 0.25) is 5.91 Å². The third-order valence-electron chi connectivity index (χ3n) is 6.27. The fourth-order valence-corrected chi connectivity index (χ4v) is 4.67. The van der Waals surface area contributed by atoms with Gasteiger partial charge in [-0.1, -0.05) is 12.1 Å². The lowest BCUT2D eigenvalue weighted by Crippen LogP contribution is -2.57. The smallest absolute Gasteiger partial charge is 0.254 e. The molecule has 38 heavy (non-hydrogen) atoms. The van der Waals surface area contributed by atoms with Gasteiger partial charge in [0.05, 0.1) is 11.4 Å². The van der Waals surface area contributed by atoms with Crippen molar-refractivity contribution in [3.8, 4) is 5.75 Å². The minimum Gasteiger partial charge on any atom is -0.508 e. The summed E-state index contributed by atoms with van der Waals surface area (Å²) in [5, 5.41) is 26.0. The lowest BCUT2D eigenvalue weighted by Gasteiger charge is -2.32. The Balaban J connectivity index is 1.90. The van der Waals surface area contributed by atoms with Crippen molar-refractivity contribution >= 4 is 29.3 Å². The zero-order valence-electron chi connectivity index (χ0n) is 21.6. The highest BCUT2D eigenvalue weighted by molar-refractivity contribution is 6.21.